The van der Waals surface area contributed by atoms with Crippen LogP contribution in [0.3, 0.4) is 0 Å². The number of hydrogen-bond acceptors (Lipinski definition) is 7. The van der Waals surface area contributed by atoms with E-state index < -0.39 is 17.4 Å². The van der Waals surface area contributed by atoms with Crippen molar-refractivity contribution in [2.45, 2.75) is 5.92 Å². The molecule has 0 spiro atoms. The van der Waals surface area contributed by atoms with E-state index in [9.17, 15) is 13.6 Å². The van der Waals surface area contributed by atoms with E-state index in [-0.39, 0.29) is 5.95 Å². The van der Waals surface area contributed by atoms with Crippen molar-refractivity contribution in [3.05, 3.63) is 60.7 Å². The molecule has 146 valence electrons. The number of halogens is 2. The number of nitrogens with zero attached hydrogens (tertiary/aromatic N) is 6. The summed E-state index contributed by atoms with van der Waals surface area (Å²) in [5.74, 6) is -5.47. The number of benzene rings is 1. The van der Waals surface area contributed by atoms with Gasteiger partial charge in [0.2, 0.25) is 0 Å². The standard InChI is InChI=1S/C18H14F2N8O/c1-28-10-12(8-23-28)15-9-22-17(26-24-15)27-25-16(29)18(19,20)13-4-5-14-11(7-13)3-2-6-21-14/h2-10H,1H3,(H,25,29)(H,22,26,27). The number of nitrogens with one attached hydrogen (secondary N) is 2. The topological polar surface area (TPSA) is 111 Å². The summed E-state index contributed by atoms with van der Waals surface area (Å²) in [7, 11) is 1.75. The second-order valence-corrected chi connectivity index (χ2v) is 6.13. The van der Waals surface area contributed by atoms with Crippen molar-refractivity contribution in [1.29, 1.82) is 0 Å². The van der Waals surface area contributed by atoms with Crippen molar-refractivity contribution < 1.29 is 13.6 Å². The van der Waals surface area contributed by atoms with Gasteiger partial charge < -0.3 is 0 Å². The maximum Gasteiger partial charge on any atom is 0.351 e. The molecule has 29 heavy (non-hydrogen) atoms. The van der Waals surface area contributed by atoms with Crippen molar-refractivity contribution >= 4 is 22.8 Å². The molecule has 0 saturated carbocycles. The molecule has 9 nitrogen and oxygen atoms in total. The zero-order chi connectivity index (χ0) is 20.4. The van der Waals surface area contributed by atoms with E-state index in [2.05, 4.69) is 30.7 Å². The first kappa shape index (κ1) is 18.3. The Balaban J connectivity index is 1.45. The van der Waals surface area contributed by atoms with Crippen LogP contribution in [0.1, 0.15) is 5.56 Å². The summed E-state index contributed by atoms with van der Waals surface area (Å²) in [5, 5.41) is 12.2. The Morgan fingerprint density at radius 2 is 2.00 bits per heavy atom. The zero-order valence-electron chi connectivity index (χ0n) is 15.0. The molecule has 0 atom stereocenters. The number of carbonyl (C=O) groups excluding carboxylic acids is 1. The van der Waals surface area contributed by atoms with E-state index >= 15 is 0 Å². The smallest absolute Gasteiger partial charge is 0.275 e. The van der Waals surface area contributed by atoms with Gasteiger partial charge in [0, 0.05) is 36.0 Å². The lowest BCUT2D eigenvalue weighted by molar-refractivity contribution is -0.146. The molecule has 0 fully saturated rings. The first-order chi connectivity index (χ1) is 13.9. The van der Waals surface area contributed by atoms with Gasteiger partial charge in [0.05, 0.1) is 17.9 Å². The molecule has 0 bridgehead atoms. The van der Waals surface area contributed by atoms with E-state index in [0.717, 1.165) is 6.07 Å². The third-order valence-corrected chi connectivity index (χ3v) is 4.10. The molecule has 0 aliphatic heterocycles. The summed E-state index contributed by atoms with van der Waals surface area (Å²) in [6.45, 7) is 0. The monoisotopic (exact) mass is 396 g/mol. The largest absolute Gasteiger partial charge is 0.351 e. The van der Waals surface area contributed by atoms with E-state index in [0.29, 0.717) is 22.2 Å². The quantitative estimate of drug-likeness (QED) is 0.497. The summed E-state index contributed by atoms with van der Waals surface area (Å²) in [4.78, 5) is 20.1. The van der Waals surface area contributed by atoms with Crippen molar-refractivity contribution in [1.82, 2.24) is 35.4 Å². The SMILES string of the molecule is Cn1cc(-c2cnc(NNC(=O)C(F)(F)c3ccc4ncccc4c3)nn2)cn1. The van der Waals surface area contributed by atoms with Gasteiger partial charge in [-0.1, -0.05) is 12.1 Å². The number of carbonyl (C=O) groups is 1. The van der Waals surface area contributed by atoms with Gasteiger partial charge in [-0.2, -0.15) is 13.9 Å². The highest BCUT2D eigenvalue weighted by atomic mass is 19.3. The number of hydrazine groups is 1. The molecule has 4 aromatic rings. The van der Waals surface area contributed by atoms with Crippen LogP contribution in [0.5, 0.6) is 0 Å². The minimum Gasteiger partial charge on any atom is -0.275 e. The molecule has 1 aromatic carbocycles. The Kier molecular flexibility index (Phi) is 4.55. The third kappa shape index (κ3) is 3.70. The first-order valence-electron chi connectivity index (χ1n) is 8.42. The van der Waals surface area contributed by atoms with Gasteiger partial charge in [-0.15, -0.1) is 10.2 Å². The average molecular weight is 396 g/mol. The Morgan fingerprint density at radius 3 is 2.72 bits per heavy atom. The van der Waals surface area contributed by atoms with Crippen LogP contribution >= 0.6 is 0 Å². The summed E-state index contributed by atoms with van der Waals surface area (Å²) in [6.07, 6.45) is 6.25. The van der Waals surface area contributed by atoms with Crippen molar-refractivity contribution in [2.75, 3.05) is 5.43 Å². The van der Waals surface area contributed by atoms with Crippen LogP contribution in [0.15, 0.2) is 55.1 Å². The number of fused-ring (bicyclic) bond motifs is 1. The summed E-state index contributed by atoms with van der Waals surface area (Å²) >= 11 is 0. The van der Waals surface area contributed by atoms with Crippen LogP contribution in [-0.4, -0.2) is 35.9 Å². The Labute approximate surface area is 162 Å². The van der Waals surface area contributed by atoms with Crippen LogP contribution < -0.4 is 10.9 Å². The maximum absolute atomic E-state index is 14.5. The van der Waals surface area contributed by atoms with Crippen molar-refractivity contribution in [2.24, 2.45) is 7.05 Å². The van der Waals surface area contributed by atoms with Gasteiger partial charge in [0.1, 0.15) is 5.69 Å². The highest BCUT2D eigenvalue weighted by Crippen LogP contribution is 2.30. The van der Waals surface area contributed by atoms with Crippen LogP contribution in [0.4, 0.5) is 14.7 Å². The molecular weight excluding hydrogens is 382 g/mol. The summed E-state index contributed by atoms with van der Waals surface area (Å²) < 4.78 is 30.7. The van der Waals surface area contributed by atoms with Gasteiger partial charge in [-0.05, 0) is 18.2 Å². The Hall–Kier alpha value is -4.02. The normalized spacial score (nSPS) is 11.4. The molecule has 2 N–H and O–H groups in total. The summed E-state index contributed by atoms with van der Waals surface area (Å²) in [6, 6.07) is 7.09. The highest BCUT2D eigenvalue weighted by molar-refractivity contribution is 5.87. The second kappa shape index (κ2) is 7.19. The number of aromatic nitrogens is 6. The molecule has 3 aromatic heterocycles. The second-order valence-electron chi connectivity index (χ2n) is 6.13. The number of amides is 1. The highest BCUT2D eigenvalue weighted by Gasteiger charge is 2.41. The molecule has 0 unspecified atom stereocenters. The van der Waals surface area contributed by atoms with Gasteiger partial charge in [-0.3, -0.25) is 25.3 Å². The van der Waals surface area contributed by atoms with Crippen LogP contribution in [0, 0.1) is 0 Å². The molecule has 4 rings (SSSR count). The molecule has 0 saturated heterocycles. The Morgan fingerprint density at radius 1 is 1.14 bits per heavy atom. The molecule has 11 heteroatoms. The number of aryl methyl sites for hydroxylation is 1. The van der Waals surface area contributed by atoms with Crippen molar-refractivity contribution in [3.8, 4) is 11.3 Å². The maximum atomic E-state index is 14.5. The number of hydrogen-bond donors (Lipinski definition) is 2. The van der Waals surface area contributed by atoms with Gasteiger partial charge >= 0.3 is 11.8 Å². The number of rotatable bonds is 5. The summed E-state index contributed by atoms with van der Waals surface area (Å²) in [5.41, 5.74) is 5.40. The molecule has 0 radical (unpaired) electrons. The number of pyridine rings is 1. The zero-order valence-corrected chi connectivity index (χ0v) is 15.0. The van der Waals surface area contributed by atoms with Crippen LogP contribution in [0.2, 0.25) is 0 Å². The molecule has 0 aliphatic carbocycles. The molecular formula is C18H14F2N8O. The predicted octanol–water partition coefficient (Wildman–Crippen LogP) is 2.06. The van der Waals surface area contributed by atoms with Crippen LogP contribution in [-0.2, 0) is 17.8 Å². The molecule has 3 heterocycles. The average Bonchev–Trinajstić information content (AvgIpc) is 3.18. The van der Waals surface area contributed by atoms with Gasteiger partial charge in [0.15, 0.2) is 0 Å². The third-order valence-electron chi connectivity index (χ3n) is 4.10. The van der Waals surface area contributed by atoms with Gasteiger partial charge in [0.25, 0.3) is 5.95 Å². The van der Waals surface area contributed by atoms with Gasteiger partial charge in [-0.25, -0.2) is 4.98 Å². The molecule has 1 amide bonds. The van der Waals surface area contributed by atoms with E-state index in [4.69, 9.17) is 0 Å². The predicted molar refractivity (Wildman–Crippen MR) is 99.4 cm³/mol. The fraction of sp³-hybridized carbons (Fsp3) is 0.111. The van der Waals surface area contributed by atoms with Crippen molar-refractivity contribution in [3.63, 3.8) is 0 Å². The van der Waals surface area contributed by atoms with E-state index in [1.54, 1.807) is 42.5 Å². The lowest BCUT2D eigenvalue weighted by atomic mass is 10.1. The van der Waals surface area contributed by atoms with Crippen LogP contribution in [0.25, 0.3) is 22.2 Å². The van der Waals surface area contributed by atoms with E-state index in [1.807, 2.05) is 5.43 Å². The lowest BCUT2D eigenvalue weighted by Crippen LogP contribution is -2.41. The minimum atomic E-state index is -3.78. The Bertz CT molecular complexity index is 1180. The first-order valence-corrected chi connectivity index (χ1v) is 8.42. The fourth-order valence-corrected chi connectivity index (χ4v) is 2.61. The molecule has 0 aliphatic rings. The number of anilines is 1. The lowest BCUT2D eigenvalue weighted by Gasteiger charge is -2.17. The fourth-order valence-electron chi connectivity index (χ4n) is 2.61. The number of alkyl halides is 2. The van der Waals surface area contributed by atoms with E-state index in [1.165, 1.54) is 18.3 Å². The minimum absolute atomic E-state index is 0.135.